The number of aliphatic hydroxyl groups excluding tert-OH is 1. The number of aromatic hydroxyl groups is 1. The Morgan fingerprint density at radius 2 is 1.63 bits per heavy atom. The van der Waals surface area contributed by atoms with Gasteiger partial charge in [-0.3, -0.25) is 9.59 Å². The lowest BCUT2D eigenvalue weighted by molar-refractivity contribution is 0.0923. The van der Waals surface area contributed by atoms with Crippen molar-refractivity contribution in [2.24, 2.45) is 0 Å². The number of hydrogen-bond acceptors (Lipinski definition) is 6. The molecule has 0 amide bonds. The van der Waals surface area contributed by atoms with Gasteiger partial charge in [0, 0.05) is 11.6 Å². The summed E-state index contributed by atoms with van der Waals surface area (Å²) in [5.41, 5.74) is -0.481. The number of phenols is 1. The number of hydrogen-bond donors (Lipinski definition) is 2. The van der Waals surface area contributed by atoms with E-state index in [2.05, 4.69) is 0 Å². The standard InChI is InChI=1S/C13H12O6/c1-5-10(15)8-6(14)4-7(18-2)13(19-3)9(8)12(17)11(5)16/h4,14,16H,1-3H3. The number of aliphatic hydroxyl groups is 1. The van der Waals surface area contributed by atoms with Gasteiger partial charge >= 0.3 is 0 Å². The zero-order chi connectivity index (χ0) is 14.3. The number of phenolic OH excluding ortho intramolecular Hbond substituents is 1. The van der Waals surface area contributed by atoms with Gasteiger partial charge in [-0.1, -0.05) is 0 Å². The molecule has 0 heterocycles. The molecular weight excluding hydrogens is 252 g/mol. The van der Waals surface area contributed by atoms with Crippen LogP contribution in [0.5, 0.6) is 17.2 Å². The fourth-order valence-electron chi connectivity index (χ4n) is 2.01. The Kier molecular flexibility index (Phi) is 2.94. The van der Waals surface area contributed by atoms with Gasteiger partial charge in [-0.15, -0.1) is 0 Å². The van der Waals surface area contributed by atoms with Gasteiger partial charge < -0.3 is 19.7 Å². The van der Waals surface area contributed by atoms with Crippen LogP contribution in [-0.2, 0) is 0 Å². The summed E-state index contributed by atoms with van der Waals surface area (Å²) in [6.45, 7) is 1.31. The van der Waals surface area contributed by atoms with E-state index in [1.165, 1.54) is 27.2 Å². The Bertz CT molecular complexity index is 627. The molecule has 0 atom stereocenters. The highest BCUT2D eigenvalue weighted by atomic mass is 16.5. The first-order valence-electron chi connectivity index (χ1n) is 5.41. The molecule has 6 nitrogen and oxygen atoms in total. The van der Waals surface area contributed by atoms with Crippen LogP contribution in [0.4, 0.5) is 0 Å². The van der Waals surface area contributed by atoms with Crippen molar-refractivity contribution in [3.63, 3.8) is 0 Å². The van der Waals surface area contributed by atoms with Crippen molar-refractivity contribution < 1.29 is 29.3 Å². The van der Waals surface area contributed by atoms with E-state index in [1.807, 2.05) is 0 Å². The fraction of sp³-hybridized carbons (Fsp3) is 0.231. The molecule has 1 aromatic rings. The summed E-state index contributed by atoms with van der Waals surface area (Å²) in [5.74, 6) is -2.33. The van der Waals surface area contributed by atoms with Crippen LogP contribution in [0.2, 0.25) is 0 Å². The van der Waals surface area contributed by atoms with Crippen LogP contribution in [0.1, 0.15) is 27.6 Å². The average Bonchev–Trinajstić information content (AvgIpc) is 2.41. The lowest BCUT2D eigenvalue weighted by Gasteiger charge is -2.20. The summed E-state index contributed by atoms with van der Waals surface area (Å²) >= 11 is 0. The molecule has 0 spiro atoms. The maximum atomic E-state index is 12.1. The molecule has 0 aliphatic heterocycles. The largest absolute Gasteiger partial charge is 0.507 e. The molecule has 0 saturated heterocycles. The minimum absolute atomic E-state index is 0.00713. The van der Waals surface area contributed by atoms with E-state index in [-0.39, 0.29) is 28.2 Å². The minimum Gasteiger partial charge on any atom is -0.507 e. The zero-order valence-corrected chi connectivity index (χ0v) is 10.6. The first kappa shape index (κ1) is 12.9. The third kappa shape index (κ3) is 1.64. The zero-order valence-electron chi connectivity index (χ0n) is 10.6. The molecule has 0 aromatic heterocycles. The van der Waals surface area contributed by atoms with Crippen molar-refractivity contribution >= 4 is 11.6 Å². The molecule has 2 N–H and O–H groups in total. The normalized spacial score (nSPS) is 14.5. The summed E-state index contributed by atoms with van der Waals surface area (Å²) in [6.07, 6.45) is 0. The van der Waals surface area contributed by atoms with Gasteiger partial charge in [-0.25, -0.2) is 0 Å². The van der Waals surface area contributed by atoms with Gasteiger partial charge in [0.1, 0.15) is 5.75 Å². The summed E-state index contributed by atoms with van der Waals surface area (Å²) < 4.78 is 10.0. The summed E-state index contributed by atoms with van der Waals surface area (Å²) in [4.78, 5) is 24.1. The second kappa shape index (κ2) is 4.31. The number of allylic oxidation sites excluding steroid dienone is 2. The van der Waals surface area contributed by atoms with Crippen LogP contribution < -0.4 is 9.47 Å². The Hall–Kier alpha value is -2.50. The highest BCUT2D eigenvalue weighted by Gasteiger charge is 2.36. The third-order valence-electron chi connectivity index (χ3n) is 3.01. The van der Waals surface area contributed by atoms with Gasteiger partial charge in [-0.2, -0.15) is 0 Å². The summed E-state index contributed by atoms with van der Waals surface area (Å²) in [7, 11) is 2.63. The van der Waals surface area contributed by atoms with Crippen LogP contribution in [-0.4, -0.2) is 36.0 Å². The number of methoxy groups -OCH3 is 2. The Balaban J connectivity index is 2.88. The van der Waals surface area contributed by atoms with Crippen LogP contribution in [0.25, 0.3) is 0 Å². The molecule has 1 aliphatic rings. The Labute approximate surface area is 108 Å². The monoisotopic (exact) mass is 264 g/mol. The lowest BCUT2D eigenvalue weighted by atomic mass is 9.87. The topological polar surface area (TPSA) is 93.1 Å². The number of ether oxygens (including phenoxy) is 2. The smallest absolute Gasteiger partial charge is 0.232 e. The van der Waals surface area contributed by atoms with Gasteiger partial charge in [0.15, 0.2) is 23.0 Å². The van der Waals surface area contributed by atoms with E-state index >= 15 is 0 Å². The van der Waals surface area contributed by atoms with E-state index in [0.29, 0.717) is 0 Å². The molecule has 6 heteroatoms. The summed E-state index contributed by atoms with van der Waals surface area (Å²) in [6, 6.07) is 1.19. The van der Waals surface area contributed by atoms with Crippen LogP contribution in [0.15, 0.2) is 17.4 Å². The molecule has 1 aromatic carbocycles. The van der Waals surface area contributed by atoms with Crippen LogP contribution >= 0.6 is 0 Å². The maximum absolute atomic E-state index is 12.1. The van der Waals surface area contributed by atoms with Crippen molar-refractivity contribution in [2.45, 2.75) is 6.92 Å². The molecule has 0 radical (unpaired) electrons. The molecule has 100 valence electrons. The number of rotatable bonds is 2. The number of ketones is 2. The molecule has 2 rings (SSSR count). The van der Waals surface area contributed by atoms with Gasteiger partial charge in [0.05, 0.1) is 25.3 Å². The second-order valence-electron chi connectivity index (χ2n) is 4.01. The molecular formula is C13H12O6. The molecule has 1 aliphatic carbocycles. The van der Waals surface area contributed by atoms with Crippen molar-refractivity contribution in [3.05, 3.63) is 28.5 Å². The molecule has 0 saturated carbocycles. The Morgan fingerprint density at radius 1 is 1.00 bits per heavy atom. The SMILES string of the molecule is COc1cc(O)c2c(c1OC)C(=O)C(O)=C(C)C2=O. The second-order valence-corrected chi connectivity index (χ2v) is 4.01. The number of carbonyl (C=O) groups excluding carboxylic acids is 2. The molecule has 0 unspecified atom stereocenters. The van der Waals surface area contributed by atoms with Crippen molar-refractivity contribution in [3.8, 4) is 17.2 Å². The first-order chi connectivity index (χ1) is 8.93. The third-order valence-corrected chi connectivity index (χ3v) is 3.01. The quantitative estimate of drug-likeness (QED) is 0.843. The van der Waals surface area contributed by atoms with Crippen molar-refractivity contribution in [1.29, 1.82) is 0 Å². The van der Waals surface area contributed by atoms with E-state index in [1.54, 1.807) is 0 Å². The van der Waals surface area contributed by atoms with E-state index in [4.69, 9.17) is 9.47 Å². The number of Topliss-reactive ketones (excluding diaryl/α,β-unsaturated/α-hetero) is 2. The van der Waals surface area contributed by atoms with Gasteiger partial charge in [-0.05, 0) is 6.92 Å². The van der Waals surface area contributed by atoms with Crippen LogP contribution in [0.3, 0.4) is 0 Å². The van der Waals surface area contributed by atoms with Crippen molar-refractivity contribution in [2.75, 3.05) is 14.2 Å². The predicted molar refractivity (Wildman–Crippen MR) is 65.2 cm³/mol. The average molecular weight is 264 g/mol. The van der Waals surface area contributed by atoms with Crippen LogP contribution in [0, 0.1) is 0 Å². The molecule has 0 bridgehead atoms. The highest BCUT2D eigenvalue weighted by Crippen LogP contribution is 2.43. The van der Waals surface area contributed by atoms with Crippen molar-refractivity contribution in [1.82, 2.24) is 0 Å². The number of carbonyl (C=O) groups is 2. The number of benzene rings is 1. The van der Waals surface area contributed by atoms with Gasteiger partial charge in [0.25, 0.3) is 0 Å². The number of fused-ring (bicyclic) bond motifs is 1. The van der Waals surface area contributed by atoms with E-state index in [9.17, 15) is 19.8 Å². The molecule has 0 fully saturated rings. The maximum Gasteiger partial charge on any atom is 0.232 e. The minimum atomic E-state index is -0.779. The van der Waals surface area contributed by atoms with Gasteiger partial charge in [0.2, 0.25) is 5.78 Å². The Morgan fingerprint density at radius 3 is 2.16 bits per heavy atom. The first-order valence-corrected chi connectivity index (χ1v) is 5.41. The summed E-state index contributed by atoms with van der Waals surface area (Å²) in [5, 5.41) is 19.5. The predicted octanol–water partition coefficient (Wildman–Crippen LogP) is 1.62. The lowest BCUT2D eigenvalue weighted by Crippen LogP contribution is -2.22. The van der Waals surface area contributed by atoms with E-state index in [0.717, 1.165) is 0 Å². The fourth-order valence-corrected chi connectivity index (χ4v) is 2.01. The molecule has 19 heavy (non-hydrogen) atoms. The van der Waals surface area contributed by atoms with E-state index < -0.39 is 23.1 Å². The highest BCUT2D eigenvalue weighted by molar-refractivity contribution is 6.28.